The van der Waals surface area contributed by atoms with E-state index < -0.39 is 23.8 Å². The van der Waals surface area contributed by atoms with E-state index in [1.165, 1.54) is 18.2 Å². The van der Waals surface area contributed by atoms with Crippen LogP contribution in [0.25, 0.3) is 11.2 Å². The van der Waals surface area contributed by atoms with Gasteiger partial charge in [-0.1, -0.05) is 0 Å². The summed E-state index contributed by atoms with van der Waals surface area (Å²) in [5.74, 6) is -0.356. The number of hydrogen-bond donors (Lipinski definition) is 6. The Hall–Kier alpha value is -3.03. The minimum absolute atomic E-state index is 0.0309. The van der Waals surface area contributed by atoms with E-state index >= 15 is 0 Å². The Balaban J connectivity index is 1.80. The van der Waals surface area contributed by atoms with E-state index in [-0.39, 0.29) is 43.1 Å². The molecule has 0 radical (unpaired) electrons. The Kier molecular flexibility index (Phi) is 7.34. The SMILES string of the molecule is CC(=O)NCCCC[C@H](N)C(=O)N1C[C@H](O)C[C@](C)(O)[C@@H](n2cnc3c(N)nc(N)nc32)C1. The summed E-state index contributed by atoms with van der Waals surface area (Å²) in [5, 5.41) is 24.4. The molecule has 0 aliphatic carbocycles. The number of rotatable bonds is 7. The number of fused-ring (bicyclic) bond motifs is 1. The Morgan fingerprint density at radius 2 is 2.03 bits per heavy atom. The van der Waals surface area contributed by atoms with Gasteiger partial charge in [-0.2, -0.15) is 9.97 Å². The Morgan fingerprint density at radius 3 is 2.73 bits per heavy atom. The predicted molar refractivity (Wildman–Crippen MR) is 122 cm³/mol. The average molecular weight is 464 g/mol. The molecule has 0 spiro atoms. The summed E-state index contributed by atoms with van der Waals surface area (Å²) in [7, 11) is 0. The van der Waals surface area contributed by atoms with E-state index in [1.54, 1.807) is 11.5 Å². The molecule has 0 unspecified atom stereocenters. The number of nitrogen functional groups attached to an aromatic ring is 2. The summed E-state index contributed by atoms with van der Waals surface area (Å²) in [5.41, 5.74) is 17.1. The van der Waals surface area contributed by atoms with Crippen molar-refractivity contribution in [3.05, 3.63) is 6.33 Å². The minimum atomic E-state index is -1.39. The number of aliphatic hydroxyl groups is 2. The summed E-state index contributed by atoms with van der Waals surface area (Å²) >= 11 is 0. The van der Waals surface area contributed by atoms with Gasteiger partial charge in [0.25, 0.3) is 0 Å². The maximum absolute atomic E-state index is 13.1. The van der Waals surface area contributed by atoms with Crippen LogP contribution in [0.4, 0.5) is 11.8 Å². The van der Waals surface area contributed by atoms with Gasteiger partial charge in [0.2, 0.25) is 17.8 Å². The fourth-order valence-corrected chi connectivity index (χ4v) is 4.28. The normalized spacial score (nSPS) is 24.5. The molecule has 3 heterocycles. The molecule has 2 amide bonds. The number of likely N-dealkylation sites (tertiary alicyclic amines) is 1. The Bertz CT molecular complexity index is 1010. The number of hydrogen-bond acceptors (Lipinski definition) is 10. The number of imidazole rings is 1. The highest BCUT2D eigenvalue weighted by Gasteiger charge is 2.42. The molecule has 9 N–H and O–H groups in total. The first-order valence-corrected chi connectivity index (χ1v) is 10.9. The quantitative estimate of drug-likeness (QED) is 0.262. The molecule has 0 bridgehead atoms. The van der Waals surface area contributed by atoms with Crippen LogP contribution in [0.3, 0.4) is 0 Å². The second-order valence-electron chi connectivity index (χ2n) is 8.85. The van der Waals surface area contributed by atoms with Crippen molar-refractivity contribution in [2.45, 2.75) is 63.3 Å². The zero-order valence-electron chi connectivity index (χ0n) is 18.9. The number of anilines is 2. The van der Waals surface area contributed by atoms with Gasteiger partial charge < -0.3 is 42.2 Å². The molecular formula is C20H33N9O4. The van der Waals surface area contributed by atoms with Gasteiger partial charge in [0.1, 0.15) is 5.52 Å². The van der Waals surface area contributed by atoms with Crippen molar-refractivity contribution < 1.29 is 19.8 Å². The lowest BCUT2D eigenvalue weighted by Gasteiger charge is -2.34. The van der Waals surface area contributed by atoms with E-state index in [1.807, 2.05) is 0 Å². The molecule has 2 aromatic rings. The van der Waals surface area contributed by atoms with E-state index in [0.717, 1.165) is 0 Å². The van der Waals surface area contributed by atoms with Gasteiger partial charge in [-0.15, -0.1) is 0 Å². The minimum Gasteiger partial charge on any atom is -0.391 e. The lowest BCUT2D eigenvalue weighted by atomic mass is 9.91. The summed E-state index contributed by atoms with van der Waals surface area (Å²) < 4.78 is 1.61. The number of nitrogens with two attached hydrogens (primary N) is 3. The number of amides is 2. The van der Waals surface area contributed by atoms with Crippen LogP contribution in [-0.4, -0.2) is 83.8 Å². The largest absolute Gasteiger partial charge is 0.391 e. The van der Waals surface area contributed by atoms with Crippen molar-refractivity contribution >= 4 is 34.7 Å². The molecule has 182 valence electrons. The van der Waals surface area contributed by atoms with Crippen molar-refractivity contribution in [2.75, 3.05) is 31.1 Å². The van der Waals surface area contributed by atoms with Crippen LogP contribution in [0, 0.1) is 0 Å². The molecule has 13 nitrogen and oxygen atoms in total. The fourth-order valence-electron chi connectivity index (χ4n) is 4.28. The number of unbranched alkanes of at least 4 members (excludes halogenated alkanes) is 1. The summed E-state index contributed by atoms with van der Waals surface area (Å²) in [6.45, 7) is 3.68. The zero-order chi connectivity index (χ0) is 24.3. The first kappa shape index (κ1) is 24.6. The molecule has 1 aliphatic heterocycles. The highest BCUT2D eigenvalue weighted by molar-refractivity contribution is 5.83. The van der Waals surface area contributed by atoms with Crippen LogP contribution in [0.15, 0.2) is 6.33 Å². The van der Waals surface area contributed by atoms with Crippen LogP contribution >= 0.6 is 0 Å². The van der Waals surface area contributed by atoms with Crippen molar-refractivity contribution in [2.24, 2.45) is 5.73 Å². The molecule has 33 heavy (non-hydrogen) atoms. The van der Waals surface area contributed by atoms with Crippen LogP contribution in [0.5, 0.6) is 0 Å². The molecule has 1 aliphatic rings. The summed E-state index contributed by atoms with van der Waals surface area (Å²) in [4.78, 5) is 37.9. The monoisotopic (exact) mass is 463 g/mol. The number of carbonyl (C=O) groups excluding carboxylic acids is 2. The number of carbonyl (C=O) groups is 2. The van der Waals surface area contributed by atoms with Crippen LogP contribution in [0.1, 0.15) is 45.6 Å². The Morgan fingerprint density at radius 1 is 1.30 bits per heavy atom. The highest BCUT2D eigenvalue weighted by atomic mass is 16.3. The van der Waals surface area contributed by atoms with Crippen LogP contribution < -0.4 is 22.5 Å². The van der Waals surface area contributed by atoms with E-state index in [4.69, 9.17) is 17.2 Å². The average Bonchev–Trinajstić information content (AvgIpc) is 3.07. The molecule has 4 atom stereocenters. The number of aliphatic hydroxyl groups excluding tert-OH is 1. The molecule has 2 aromatic heterocycles. The molecule has 0 saturated carbocycles. The fraction of sp³-hybridized carbons (Fsp3) is 0.650. The first-order chi connectivity index (χ1) is 15.5. The van der Waals surface area contributed by atoms with Gasteiger partial charge in [0, 0.05) is 33.0 Å². The van der Waals surface area contributed by atoms with Gasteiger partial charge >= 0.3 is 0 Å². The van der Waals surface area contributed by atoms with Crippen molar-refractivity contribution in [3.63, 3.8) is 0 Å². The lowest BCUT2D eigenvalue weighted by molar-refractivity contribution is -0.134. The second-order valence-corrected chi connectivity index (χ2v) is 8.85. The van der Waals surface area contributed by atoms with Gasteiger partial charge in [0.15, 0.2) is 11.5 Å². The van der Waals surface area contributed by atoms with Crippen LogP contribution in [-0.2, 0) is 9.59 Å². The molecule has 3 rings (SSSR count). The molecule has 1 fully saturated rings. The summed E-state index contributed by atoms with van der Waals surface area (Å²) in [6, 6.07) is -1.46. The van der Waals surface area contributed by atoms with Gasteiger partial charge in [-0.25, -0.2) is 4.98 Å². The third-order valence-corrected chi connectivity index (χ3v) is 5.94. The molecular weight excluding hydrogens is 430 g/mol. The molecule has 0 aromatic carbocycles. The van der Waals surface area contributed by atoms with Crippen molar-refractivity contribution in [1.29, 1.82) is 0 Å². The van der Waals surface area contributed by atoms with Gasteiger partial charge in [-0.3, -0.25) is 9.59 Å². The maximum Gasteiger partial charge on any atom is 0.239 e. The number of nitrogens with zero attached hydrogens (tertiary/aromatic N) is 5. The zero-order valence-corrected chi connectivity index (χ0v) is 18.9. The third-order valence-electron chi connectivity index (χ3n) is 5.94. The first-order valence-electron chi connectivity index (χ1n) is 10.9. The second kappa shape index (κ2) is 9.85. The van der Waals surface area contributed by atoms with Gasteiger partial charge in [0.05, 0.1) is 30.1 Å². The van der Waals surface area contributed by atoms with E-state index in [2.05, 4.69) is 20.3 Å². The molecule has 13 heteroatoms. The Labute approximate surface area is 191 Å². The maximum atomic E-state index is 13.1. The summed E-state index contributed by atoms with van der Waals surface area (Å²) in [6.07, 6.45) is 2.34. The highest BCUT2D eigenvalue weighted by Crippen LogP contribution is 2.34. The number of nitrogens with one attached hydrogen (secondary N) is 1. The standard InChI is InChI=1S/C20H33N9O4/c1-11(30)24-6-4-3-5-13(21)18(32)28-8-12(31)7-20(2,33)14(9-28)29-10-25-15-16(22)26-19(23)27-17(15)29/h10,12-14,31,33H,3-9,21H2,1-2H3,(H,24,30)(H4,22,23,26,27)/t12-,13+,14+,20+/m1/s1. The van der Waals surface area contributed by atoms with Crippen molar-refractivity contribution in [3.8, 4) is 0 Å². The number of aromatic nitrogens is 4. The van der Waals surface area contributed by atoms with Crippen molar-refractivity contribution in [1.82, 2.24) is 29.7 Å². The van der Waals surface area contributed by atoms with E-state index in [0.29, 0.717) is 37.0 Å². The number of β-amino-alcohol motifs (C(OH)–C–C–N with tert-alkyl or cyclic N) is 1. The molecule has 1 saturated heterocycles. The van der Waals surface area contributed by atoms with E-state index in [9.17, 15) is 19.8 Å². The topological polar surface area (TPSA) is 212 Å². The van der Waals surface area contributed by atoms with Gasteiger partial charge in [-0.05, 0) is 26.2 Å². The third kappa shape index (κ3) is 5.67. The smallest absolute Gasteiger partial charge is 0.239 e. The van der Waals surface area contributed by atoms with Crippen LogP contribution in [0.2, 0.25) is 0 Å². The predicted octanol–water partition coefficient (Wildman–Crippen LogP) is -1.49. The lowest BCUT2D eigenvalue weighted by Crippen LogP contribution is -2.48.